The van der Waals surface area contributed by atoms with E-state index in [9.17, 15) is 14.9 Å². The molecule has 0 bridgehead atoms. The topological polar surface area (TPSA) is 69.4 Å². The van der Waals surface area contributed by atoms with Crippen molar-refractivity contribution >= 4 is 11.5 Å². The van der Waals surface area contributed by atoms with E-state index in [-0.39, 0.29) is 29.7 Å². The fourth-order valence-corrected chi connectivity index (χ4v) is 1.46. The second-order valence-corrected chi connectivity index (χ2v) is 4.10. The van der Waals surface area contributed by atoms with Crippen LogP contribution in [0.25, 0.3) is 0 Å². The summed E-state index contributed by atoms with van der Waals surface area (Å²) >= 11 is 0. The summed E-state index contributed by atoms with van der Waals surface area (Å²) < 4.78 is 5.38. The summed E-state index contributed by atoms with van der Waals surface area (Å²) in [7, 11) is 0. The van der Waals surface area contributed by atoms with E-state index in [1.807, 2.05) is 0 Å². The van der Waals surface area contributed by atoms with Gasteiger partial charge in [-0.15, -0.1) is 0 Å². The van der Waals surface area contributed by atoms with Crippen molar-refractivity contribution in [3.8, 4) is 5.75 Å². The highest BCUT2D eigenvalue weighted by atomic mass is 16.6. The van der Waals surface area contributed by atoms with Crippen molar-refractivity contribution in [2.24, 2.45) is 0 Å². The Hall–Kier alpha value is -1.91. The molecule has 1 aromatic rings. The summed E-state index contributed by atoms with van der Waals surface area (Å²) in [5.74, 6) is 0.220. The summed E-state index contributed by atoms with van der Waals surface area (Å²) in [6.45, 7) is 5.06. The first-order valence-electron chi connectivity index (χ1n) is 5.33. The molecule has 0 aromatic heterocycles. The van der Waals surface area contributed by atoms with Gasteiger partial charge in [0.05, 0.1) is 11.0 Å². The molecule has 0 aliphatic rings. The largest absolute Gasteiger partial charge is 0.484 e. The number of ether oxygens (including phenoxy) is 1. The van der Waals surface area contributed by atoms with E-state index in [4.69, 9.17) is 4.74 Å². The van der Waals surface area contributed by atoms with Gasteiger partial charge in [0.15, 0.2) is 5.75 Å². The molecule has 0 saturated heterocycles. The summed E-state index contributed by atoms with van der Waals surface area (Å²) in [6, 6.07) is 4.50. The molecule has 0 aliphatic heterocycles. The van der Waals surface area contributed by atoms with Crippen molar-refractivity contribution in [1.29, 1.82) is 0 Å². The third-order valence-electron chi connectivity index (χ3n) is 2.04. The SMILES string of the molecule is CC(=O)Cc1ccc([N+](=O)[O-])c(OC(C)C)c1. The van der Waals surface area contributed by atoms with Crippen LogP contribution in [0.2, 0.25) is 0 Å². The van der Waals surface area contributed by atoms with Gasteiger partial charge in [0, 0.05) is 12.5 Å². The maximum atomic E-state index is 11.0. The average molecular weight is 237 g/mol. The van der Waals surface area contributed by atoms with Gasteiger partial charge in [-0.05, 0) is 32.4 Å². The molecule has 92 valence electrons. The lowest BCUT2D eigenvalue weighted by Crippen LogP contribution is -2.08. The first-order valence-corrected chi connectivity index (χ1v) is 5.33. The van der Waals surface area contributed by atoms with Crippen LogP contribution >= 0.6 is 0 Å². The minimum Gasteiger partial charge on any atom is -0.484 e. The lowest BCUT2D eigenvalue weighted by molar-refractivity contribution is -0.386. The molecule has 0 heterocycles. The second kappa shape index (κ2) is 5.43. The van der Waals surface area contributed by atoms with Gasteiger partial charge in [-0.25, -0.2) is 0 Å². The normalized spacial score (nSPS) is 10.4. The van der Waals surface area contributed by atoms with Crippen molar-refractivity contribution in [2.75, 3.05) is 0 Å². The van der Waals surface area contributed by atoms with Gasteiger partial charge in [0.2, 0.25) is 0 Å². The Bertz CT molecular complexity index is 440. The van der Waals surface area contributed by atoms with Gasteiger partial charge in [-0.2, -0.15) is 0 Å². The highest BCUT2D eigenvalue weighted by Crippen LogP contribution is 2.29. The van der Waals surface area contributed by atoms with Gasteiger partial charge in [-0.1, -0.05) is 6.07 Å². The minimum absolute atomic E-state index is 0.00866. The molecule has 0 spiro atoms. The molecular formula is C12H15NO4. The Morgan fingerprint density at radius 1 is 1.47 bits per heavy atom. The smallest absolute Gasteiger partial charge is 0.310 e. The number of Topliss-reactive ketones (excluding diaryl/α,β-unsaturated/α-hetero) is 1. The van der Waals surface area contributed by atoms with E-state index in [0.717, 1.165) is 5.56 Å². The van der Waals surface area contributed by atoms with Crippen molar-refractivity contribution in [3.05, 3.63) is 33.9 Å². The maximum absolute atomic E-state index is 11.0. The van der Waals surface area contributed by atoms with Gasteiger partial charge < -0.3 is 4.74 Å². The number of ketones is 1. The van der Waals surface area contributed by atoms with Crippen molar-refractivity contribution < 1.29 is 14.5 Å². The number of hydrogen-bond acceptors (Lipinski definition) is 4. The molecule has 0 fully saturated rings. The highest BCUT2D eigenvalue weighted by Gasteiger charge is 2.16. The Balaban J connectivity index is 3.09. The van der Waals surface area contributed by atoms with E-state index in [0.29, 0.717) is 0 Å². The Morgan fingerprint density at radius 2 is 2.12 bits per heavy atom. The quantitative estimate of drug-likeness (QED) is 0.582. The summed E-state index contributed by atoms with van der Waals surface area (Å²) in [5, 5.41) is 10.8. The van der Waals surface area contributed by atoms with Crippen molar-refractivity contribution in [3.63, 3.8) is 0 Å². The number of nitro benzene ring substituents is 1. The van der Waals surface area contributed by atoms with E-state index in [1.54, 1.807) is 26.0 Å². The fourth-order valence-electron chi connectivity index (χ4n) is 1.46. The predicted octanol–water partition coefficient (Wildman–Crippen LogP) is 2.51. The monoisotopic (exact) mass is 237 g/mol. The Morgan fingerprint density at radius 3 is 2.59 bits per heavy atom. The van der Waals surface area contributed by atoms with Crippen LogP contribution in [-0.4, -0.2) is 16.8 Å². The standard InChI is InChI=1S/C12H15NO4/c1-8(2)17-12-7-10(6-9(3)14)4-5-11(12)13(15)16/h4-5,7-8H,6H2,1-3H3. The summed E-state index contributed by atoms with van der Waals surface area (Å²) in [4.78, 5) is 21.3. The molecule has 0 unspecified atom stereocenters. The van der Waals surface area contributed by atoms with E-state index in [1.165, 1.54) is 13.0 Å². The van der Waals surface area contributed by atoms with Gasteiger partial charge >= 0.3 is 5.69 Å². The van der Waals surface area contributed by atoms with Crippen LogP contribution in [0.4, 0.5) is 5.69 Å². The Labute approximate surface area is 99.5 Å². The number of nitro groups is 1. The third-order valence-corrected chi connectivity index (χ3v) is 2.04. The molecule has 0 N–H and O–H groups in total. The van der Waals surface area contributed by atoms with Gasteiger partial charge in [-0.3, -0.25) is 14.9 Å². The van der Waals surface area contributed by atoms with Crippen LogP contribution in [0.3, 0.4) is 0 Å². The summed E-state index contributed by atoms with van der Waals surface area (Å²) in [6.07, 6.45) is 0.105. The molecule has 0 saturated carbocycles. The minimum atomic E-state index is -0.491. The van der Waals surface area contributed by atoms with Crippen LogP contribution in [0.5, 0.6) is 5.75 Å². The zero-order valence-corrected chi connectivity index (χ0v) is 10.1. The molecule has 5 heteroatoms. The lowest BCUT2D eigenvalue weighted by Gasteiger charge is -2.11. The number of carbonyl (C=O) groups excluding carboxylic acids is 1. The van der Waals surface area contributed by atoms with E-state index < -0.39 is 4.92 Å². The first kappa shape index (κ1) is 13.2. The highest BCUT2D eigenvalue weighted by molar-refractivity contribution is 5.78. The average Bonchev–Trinajstić information content (AvgIpc) is 2.15. The van der Waals surface area contributed by atoms with Crippen LogP contribution in [0.1, 0.15) is 26.3 Å². The van der Waals surface area contributed by atoms with E-state index >= 15 is 0 Å². The molecular weight excluding hydrogens is 222 g/mol. The first-order chi connectivity index (χ1) is 7.90. The molecule has 1 aromatic carbocycles. The molecule has 17 heavy (non-hydrogen) atoms. The number of carbonyl (C=O) groups is 1. The maximum Gasteiger partial charge on any atom is 0.310 e. The zero-order valence-electron chi connectivity index (χ0n) is 10.1. The molecule has 1 rings (SSSR count). The molecule has 0 amide bonds. The number of benzene rings is 1. The lowest BCUT2D eigenvalue weighted by atomic mass is 10.1. The van der Waals surface area contributed by atoms with Crippen LogP contribution < -0.4 is 4.74 Å². The zero-order chi connectivity index (χ0) is 13.0. The third kappa shape index (κ3) is 3.86. The van der Waals surface area contributed by atoms with Crippen molar-refractivity contribution in [1.82, 2.24) is 0 Å². The molecule has 0 radical (unpaired) electrons. The molecule has 5 nitrogen and oxygen atoms in total. The second-order valence-electron chi connectivity index (χ2n) is 4.10. The summed E-state index contributed by atoms with van der Waals surface area (Å²) in [5.41, 5.74) is 0.643. The molecule has 0 atom stereocenters. The van der Waals surface area contributed by atoms with Crippen molar-refractivity contribution in [2.45, 2.75) is 33.3 Å². The number of hydrogen-bond donors (Lipinski definition) is 0. The van der Waals surface area contributed by atoms with Crippen LogP contribution in [0, 0.1) is 10.1 Å². The van der Waals surface area contributed by atoms with Crippen LogP contribution in [-0.2, 0) is 11.2 Å². The molecule has 0 aliphatic carbocycles. The van der Waals surface area contributed by atoms with Crippen LogP contribution in [0.15, 0.2) is 18.2 Å². The predicted molar refractivity (Wildman–Crippen MR) is 63.2 cm³/mol. The fraction of sp³-hybridized carbons (Fsp3) is 0.417. The Kier molecular flexibility index (Phi) is 4.20. The van der Waals surface area contributed by atoms with E-state index in [2.05, 4.69) is 0 Å². The van der Waals surface area contributed by atoms with Gasteiger partial charge in [0.25, 0.3) is 0 Å². The van der Waals surface area contributed by atoms with Gasteiger partial charge in [0.1, 0.15) is 5.78 Å². The number of nitrogens with zero attached hydrogens (tertiary/aromatic N) is 1. The number of rotatable bonds is 5.